The number of amides is 2. The van der Waals surface area contributed by atoms with Crippen molar-refractivity contribution in [2.24, 2.45) is 0 Å². The van der Waals surface area contributed by atoms with Gasteiger partial charge >= 0.3 is 0 Å². The average Bonchev–Trinajstić information content (AvgIpc) is 3.14. The molecule has 1 aliphatic heterocycles. The van der Waals surface area contributed by atoms with Gasteiger partial charge in [0.25, 0.3) is 0 Å². The fourth-order valence-corrected chi connectivity index (χ4v) is 4.60. The minimum atomic E-state index is -3.76. The fraction of sp³-hybridized carbons (Fsp3) is 0.300. The van der Waals surface area contributed by atoms with E-state index in [0.717, 1.165) is 21.3 Å². The van der Waals surface area contributed by atoms with Gasteiger partial charge < -0.3 is 10.2 Å². The van der Waals surface area contributed by atoms with Crippen LogP contribution in [0.2, 0.25) is 0 Å². The minimum absolute atomic E-state index is 0.0965. The van der Waals surface area contributed by atoms with Crippen LogP contribution >= 0.6 is 11.8 Å². The predicted molar refractivity (Wildman–Crippen MR) is 115 cm³/mol. The Hall–Kier alpha value is -2.36. The van der Waals surface area contributed by atoms with E-state index in [9.17, 15) is 18.0 Å². The van der Waals surface area contributed by atoms with Crippen LogP contribution in [0, 0.1) is 0 Å². The third kappa shape index (κ3) is 4.98. The maximum absolute atomic E-state index is 12.6. The first-order valence-electron chi connectivity index (χ1n) is 9.12. The summed E-state index contributed by atoms with van der Waals surface area (Å²) in [6.45, 7) is 0.393. The summed E-state index contributed by atoms with van der Waals surface area (Å²) >= 11 is 1.52. The Labute approximate surface area is 175 Å². The van der Waals surface area contributed by atoms with E-state index in [-0.39, 0.29) is 17.3 Å². The third-order valence-corrected chi connectivity index (χ3v) is 7.23. The number of thioether (sulfide) groups is 1. The topological polar surface area (TPSA) is 86.8 Å². The molecule has 29 heavy (non-hydrogen) atoms. The number of hydrogen-bond donors (Lipinski definition) is 1. The quantitative estimate of drug-likeness (QED) is 0.679. The number of likely N-dealkylation sites (N-methyl/N-ethyl adjacent to an activating group) is 1. The zero-order valence-electron chi connectivity index (χ0n) is 16.3. The first-order valence-corrected chi connectivity index (χ1v) is 11.8. The number of carbonyl (C=O) groups is 2. The lowest BCUT2D eigenvalue weighted by molar-refractivity contribution is -0.117. The van der Waals surface area contributed by atoms with Crippen molar-refractivity contribution in [2.75, 3.05) is 36.6 Å². The van der Waals surface area contributed by atoms with Crippen LogP contribution in [0.5, 0.6) is 0 Å². The second-order valence-electron chi connectivity index (χ2n) is 6.68. The molecule has 9 heteroatoms. The molecule has 1 heterocycles. The van der Waals surface area contributed by atoms with E-state index < -0.39 is 15.9 Å². The molecule has 1 saturated heterocycles. The fourth-order valence-electron chi connectivity index (χ4n) is 3.06. The number of anilines is 2. The highest BCUT2D eigenvalue weighted by atomic mass is 32.2. The van der Waals surface area contributed by atoms with Gasteiger partial charge in [0.1, 0.15) is 0 Å². The number of carbonyl (C=O) groups excluding carboxylic acids is 2. The van der Waals surface area contributed by atoms with Gasteiger partial charge in [-0.15, -0.1) is 11.8 Å². The van der Waals surface area contributed by atoms with Gasteiger partial charge in [-0.25, -0.2) is 8.42 Å². The van der Waals surface area contributed by atoms with Gasteiger partial charge in [0.2, 0.25) is 21.8 Å². The molecule has 0 aromatic heterocycles. The SMILES string of the molecule is CSc1ccc(S(=O)(=O)N(C)CC(=O)Nc2ccc(N3CCCC3=O)cc2)cc1. The van der Waals surface area contributed by atoms with Crippen molar-refractivity contribution >= 4 is 45.0 Å². The smallest absolute Gasteiger partial charge is 0.243 e. The molecule has 7 nitrogen and oxygen atoms in total. The molecule has 1 aliphatic rings. The minimum Gasteiger partial charge on any atom is -0.325 e. The molecule has 0 saturated carbocycles. The predicted octanol–water partition coefficient (Wildman–Crippen LogP) is 2.79. The Balaban J connectivity index is 1.61. The number of sulfonamides is 1. The summed E-state index contributed by atoms with van der Waals surface area (Å²) in [5.74, 6) is -0.346. The van der Waals surface area contributed by atoms with Crippen LogP contribution in [-0.2, 0) is 19.6 Å². The molecule has 2 aromatic rings. The number of nitrogens with zero attached hydrogens (tertiary/aromatic N) is 2. The Morgan fingerprint density at radius 3 is 2.34 bits per heavy atom. The van der Waals surface area contributed by atoms with E-state index in [0.29, 0.717) is 18.7 Å². The second-order valence-corrected chi connectivity index (χ2v) is 9.61. The van der Waals surface area contributed by atoms with Crippen LogP contribution in [0.25, 0.3) is 0 Å². The lowest BCUT2D eigenvalue weighted by Gasteiger charge is -2.18. The molecular formula is C20H23N3O4S2. The summed E-state index contributed by atoms with van der Waals surface area (Å²) < 4.78 is 26.3. The zero-order valence-corrected chi connectivity index (χ0v) is 17.9. The first-order chi connectivity index (χ1) is 13.8. The summed E-state index contributed by atoms with van der Waals surface area (Å²) in [6.07, 6.45) is 3.31. The van der Waals surface area contributed by atoms with Gasteiger partial charge in [0.05, 0.1) is 11.4 Å². The Kier molecular flexibility index (Phi) is 6.61. The van der Waals surface area contributed by atoms with Crippen LogP contribution < -0.4 is 10.2 Å². The second kappa shape index (κ2) is 8.98. The van der Waals surface area contributed by atoms with E-state index in [1.165, 1.54) is 30.9 Å². The number of hydrogen-bond acceptors (Lipinski definition) is 5. The van der Waals surface area contributed by atoms with Gasteiger partial charge in [-0.2, -0.15) is 4.31 Å². The van der Waals surface area contributed by atoms with Crippen LogP contribution in [-0.4, -0.2) is 50.9 Å². The highest BCUT2D eigenvalue weighted by molar-refractivity contribution is 7.98. The van der Waals surface area contributed by atoms with Crippen molar-refractivity contribution in [3.8, 4) is 0 Å². The van der Waals surface area contributed by atoms with Gasteiger partial charge in [-0.3, -0.25) is 9.59 Å². The molecule has 154 valence electrons. The highest BCUT2D eigenvalue weighted by Crippen LogP contribution is 2.23. The third-order valence-electron chi connectivity index (χ3n) is 4.67. The van der Waals surface area contributed by atoms with Crippen LogP contribution in [0.15, 0.2) is 58.3 Å². The highest BCUT2D eigenvalue weighted by Gasteiger charge is 2.24. The Morgan fingerprint density at radius 2 is 1.79 bits per heavy atom. The number of rotatable bonds is 7. The maximum atomic E-state index is 12.6. The number of benzene rings is 2. The molecule has 3 rings (SSSR count). The van der Waals surface area contributed by atoms with Crippen LogP contribution in [0.1, 0.15) is 12.8 Å². The summed E-state index contributed by atoms with van der Waals surface area (Å²) in [4.78, 5) is 26.9. The van der Waals surface area contributed by atoms with Crippen molar-refractivity contribution in [1.29, 1.82) is 0 Å². The van der Waals surface area contributed by atoms with Crippen LogP contribution in [0.3, 0.4) is 0 Å². The monoisotopic (exact) mass is 433 g/mol. The van der Waals surface area contributed by atoms with Crippen molar-refractivity contribution in [1.82, 2.24) is 4.31 Å². The summed E-state index contributed by atoms with van der Waals surface area (Å²) in [5, 5.41) is 2.69. The standard InChI is InChI=1S/C20H23N3O4S2/c1-22(29(26,27)18-11-9-17(28-2)10-12-18)14-19(24)21-15-5-7-16(8-6-15)23-13-3-4-20(23)25/h5-12H,3-4,13-14H2,1-2H3,(H,21,24). The van der Waals surface area contributed by atoms with Gasteiger partial charge in [-0.05, 0) is 61.2 Å². The average molecular weight is 434 g/mol. The zero-order chi connectivity index (χ0) is 21.0. The summed E-state index contributed by atoms with van der Waals surface area (Å²) in [6, 6.07) is 13.5. The largest absolute Gasteiger partial charge is 0.325 e. The van der Waals surface area contributed by atoms with Crippen molar-refractivity contribution in [3.05, 3.63) is 48.5 Å². The van der Waals surface area contributed by atoms with Gasteiger partial charge in [-0.1, -0.05) is 0 Å². The molecule has 0 unspecified atom stereocenters. The molecule has 0 atom stereocenters. The van der Waals surface area contributed by atoms with Crippen molar-refractivity contribution in [3.63, 3.8) is 0 Å². The molecule has 2 aromatic carbocycles. The Bertz CT molecular complexity index is 989. The van der Waals surface area contributed by atoms with E-state index in [1.54, 1.807) is 41.3 Å². The van der Waals surface area contributed by atoms with Crippen molar-refractivity contribution < 1.29 is 18.0 Å². The van der Waals surface area contributed by atoms with E-state index in [2.05, 4.69) is 5.32 Å². The first kappa shape index (κ1) is 21.4. The molecular weight excluding hydrogens is 410 g/mol. The summed E-state index contributed by atoms with van der Waals surface area (Å²) in [7, 11) is -2.38. The molecule has 1 N–H and O–H groups in total. The normalized spacial score (nSPS) is 14.4. The van der Waals surface area contributed by atoms with E-state index in [1.807, 2.05) is 6.26 Å². The molecule has 0 radical (unpaired) electrons. The lowest BCUT2D eigenvalue weighted by atomic mass is 10.2. The molecule has 2 amide bonds. The molecule has 0 aliphatic carbocycles. The lowest BCUT2D eigenvalue weighted by Crippen LogP contribution is -2.35. The summed E-state index contributed by atoms with van der Waals surface area (Å²) in [5.41, 5.74) is 1.33. The number of nitrogens with one attached hydrogen (secondary N) is 1. The Morgan fingerprint density at radius 1 is 1.14 bits per heavy atom. The molecule has 1 fully saturated rings. The molecule has 0 bridgehead atoms. The van der Waals surface area contributed by atoms with Gasteiger partial charge in [0.15, 0.2) is 0 Å². The van der Waals surface area contributed by atoms with Gasteiger partial charge in [0, 0.05) is 36.3 Å². The van der Waals surface area contributed by atoms with Crippen LogP contribution in [0.4, 0.5) is 11.4 Å². The van der Waals surface area contributed by atoms with E-state index in [4.69, 9.17) is 0 Å². The maximum Gasteiger partial charge on any atom is 0.243 e. The van der Waals surface area contributed by atoms with E-state index >= 15 is 0 Å². The molecule has 0 spiro atoms. The van der Waals surface area contributed by atoms with Crippen molar-refractivity contribution in [2.45, 2.75) is 22.6 Å².